The van der Waals surface area contributed by atoms with Gasteiger partial charge in [0, 0.05) is 5.41 Å². The van der Waals surface area contributed by atoms with Crippen molar-refractivity contribution in [1.29, 1.82) is 0 Å². The molecule has 1 aromatic rings. The third-order valence-corrected chi connectivity index (χ3v) is 1.85. The number of hydrogen-bond acceptors (Lipinski definition) is 5. The van der Waals surface area contributed by atoms with Crippen molar-refractivity contribution < 1.29 is 33.0 Å². The number of halogens is 3. The van der Waals surface area contributed by atoms with E-state index in [9.17, 15) is 23.1 Å². The van der Waals surface area contributed by atoms with Crippen LogP contribution in [0.3, 0.4) is 0 Å². The first-order valence-corrected chi connectivity index (χ1v) is 5.21. The molecule has 0 unspecified atom stereocenters. The van der Waals surface area contributed by atoms with E-state index in [1.165, 1.54) is 6.20 Å². The number of carbonyl (C=O) groups excluding carboxylic acids is 1. The van der Waals surface area contributed by atoms with Crippen LogP contribution in [-0.2, 0) is 10.2 Å². The van der Waals surface area contributed by atoms with Crippen LogP contribution in [0.1, 0.15) is 37.1 Å². The number of nitrogens with zero attached hydrogens (tertiary/aromatic N) is 2. The van der Waals surface area contributed by atoms with Gasteiger partial charge in [-0.2, -0.15) is 13.2 Å². The highest BCUT2D eigenvalue weighted by molar-refractivity contribution is 5.73. The fourth-order valence-electron chi connectivity index (χ4n) is 0.998. The number of carbonyl (C=O) groups is 2. The maximum Gasteiger partial charge on any atom is 0.490 e. The molecule has 0 spiro atoms. The van der Waals surface area contributed by atoms with Crippen LogP contribution in [0, 0.1) is 0 Å². The van der Waals surface area contributed by atoms with Gasteiger partial charge < -0.3 is 10.2 Å². The lowest BCUT2D eigenvalue weighted by molar-refractivity contribution is -0.192. The zero-order valence-corrected chi connectivity index (χ0v) is 10.9. The first-order chi connectivity index (χ1) is 8.89. The highest BCUT2D eigenvalue weighted by Crippen LogP contribution is 2.27. The maximum atomic E-state index is 10.6. The number of carboxylic acid groups (broad SMARTS) is 1. The van der Waals surface area contributed by atoms with Gasteiger partial charge in [-0.15, -0.1) is 0 Å². The molecule has 1 aromatic heterocycles. The van der Waals surface area contributed by atoms with Gasteiger partial charge in [-0.1, -0.05) is 20.8 Å². The number of hydrogen-bond donors (Lipinski definition) is 2. The molecule has 0 aliphatic rings. The van der Waals surface area contributed by atoms with Crippen molar-refractivity contribution in [3.8, 4) is 5.75 Å². The first-order valence-electron chi connectivity index (χ1n) is 5.21. The first kappa shape index (κ1) is 17.8. The Bertz CT molecular complexity index is 495. The third-order valence-electron chi connectivity index (χ3n) is 1.85. The van der Waals surface area contributed by atoms with Crippen LogP contribution in [0.25, 0.3) is 0 Å². The molecule has 0 aliphatic heterocycles. The Balaban J connectivity index is 0.000000441. The van der Waals surface area contributed by atoms with Crippen molar-refractivity contribution in [2.75, 3.05) is 0 Å². The summed E-state index contributed by atoms with van der Waals surface area (Å²) in [4.78, 5) is 26.9. The van der Waals surface area contributed by atoms with Gasteiger partial charge in [-0.05, 0) is 0 Å². The molecule has 0 aliphatic carbocycles. The molecule has 0 amide bonds. The van der Waals surface area contributed by atoms with E-state index in [0.717, 1.165) is 0 Å². The van der Waals surface area contributed by atoms with Crippen LogP contribution in [0.2, 0.25) is 0 Å². The topological polar surface area (TPSA) is 100 Å². The summed E-state index contributed by atoms with van der Waals surface area (Å²) in [5.74, 6) is -2.63. The Kier molecular flexibility index (Phi) is 5.62. The molecule has 1 rings (SSSR count). The van der Waals surface area contributed by atoms with Crippen molar-refractivity contribution in [2.24, 2.45) is 0 Å². The zero-order valence-electron chi connectivity index (χ0n) is 10.9. The van der Waals surface area contributed by atoms with Crippen molar-refractivity contribution in [2.45, 2.75) is 32.4 Å². The van der Waals surface area contributed by atoms with E-state index in [0.29, 0.717) is 12.0 Å². The second-order valence-electron chi connectivity index (χ2n) is 4.63. The van der Waals surface area contributed by atoms with E-state index >= 15 is 0 Å². The van der Waals surface area contributed by atoms with Gasteiger partial charge in [0.2, 0.25) is 0 Å². The molecule has 2 N–H and O–H groups in total. The summed E-state index contributed by atoms with van der Waals surface area (Å²) < 4.78 is 31.7. The fourth-order valence-corrected chi connectivity index (χ4v) is 0.998. The zero-order chi connectivity index (χ0) is 16.1. The average Bonchev–Trinajstić information content (AvgIpc) is 2.27. The predicted molar refractivity (Wildman–Crippen MR) is 61.5 cm³/mol. The summed E-state index contributed by atoms with van der Waals surface area (Å²) >= 11 is 0. The monoisotopic (exact) mass is 294 g/mol. The summed E-state index contributed by atoms with van der Waals surface area (Å²) in [5, 5.41) is 16.6. The molecule has 0 saturated carbocycles. The molecule has 20 heavy (non-hydrogen) atoms. The van der Waals surface area contributed by atoms with Gasteiger partial charge in [0.05, 0.1) is 11.9 Å². The minimum Gasteiger partial charge on any atom is -0.504 e. The number of carboxylic acids is 1. The van der Waals surface area contributed by atoms with Crippen molar-refractivity contribution >= 4 is 12.3 Å². The molecule has 9 heteroatoms. The molecule has 0 radical (unpaired) electrons. The second kappa shape index (κ2) is 6.31. The Hall–Kier alpha value is -2.19. The molecule has 112 valence electrons. The quantitative estimate of drug-likeness (QED) is 0.767. The van der Waals surface area contributed by atoms with Crippen molar-refractivity contribution in [3.05, 3.63) is 17.7 Å². The summed E-state index contributed by atoms with van der Waals surface area (Å²) in [7, 11) is 0. The Morgan fingerprint density at radius 3 is 2.05 bits per heavy atom. The van der Waals surface area contributed by atoms with Crippen LogP contribution in [0.4, 0.5) is 13.2 Å². The molecular weight excluding hydrogens is 281 g/mol. The normalized spacial score (nSPS) is 11.3. The fraction of sp³-hybridized carbons (Fsp3) is 0.455. The van der Waals surface area contributed by atoms with Crippen LogP contribution in [-0.4, -0.2) is 38.6 Å². The van der Waals surface area contributed by atoms with E-state index in [2.05, 4.69) is 9.97 Å². The van der Waals surface area contributed by atoms with Crippen LogP contribution >= 0.6 is 0 Å². The highest BCUT2D eigenvalue weighted by Gasteiger charge is 2.38. The van der Waals surface area contributed by atoms with E-state index < -0.39 is 12.1 Å². The lowest BCUT2D eigenvalue weighted by Gasteiger charge is -2.18. The Morgan fingerprint density at radius 1 is 1.30 bits per heavy atom. The van der Waals surface area contributed by atoms with Crippen LogP contribution in [0.5, 0.6) is 5.75 Å². The van der Waals surface area contributed by atoms with Gasteiger partial charge in [0.25, 0.3) is 0 Å². The van der Waals surface area contributed by atoms with E-state index in [1.807, 2.05) is 20.8 Å². The number of rotatable bonds is 1. The smallest absolute Gasteiger partial charge is 0.490 e. The lowest BCUT2D eigenvalue weighted by atomic mass is 9.91. The van der Waals surface area contributed by atoms with E-state index in [-0.39, 0.29) is 17.0 Å². The van der Waals surface area contributed by atoms with Crippen LogP contribution in [0.15, 0.2) is 6.20 Å². The minimum absolute atomic E-state index is 0.0260. The van der Waals surface area contributed by atoms with Gasteiger partial charge >= 0.3 is 12.1 Å². The lowest BCUT2D eigenvalue weighted by Crippen LogP contribution is -2.21. The van der Waals surface area contributed by atoms with Crippen LogP contribution < -0.4 is 0 Å². The van der Waals surface area contributed by atoms with Crippen molar-refractivity contribution in [3.63, 3.8) is 0 Å². The second-order valence-corrected chi connectivity index (χ2v) is 4.63. The molecule has 0 saturated heterocycles. The number of aromatic nitrogens is 2. The molecule has 6 nitrogen and oxygen atoms in total. The van der Waals surface area contributed by atoms with Crippen molar-refractivity contribution in [1.82, 2.24) is 9.97 Å². The van der Waals surface area contributed by atoms with E-state index in [1.54, 1.807) is 0 Å². The summed E-state index contributed by atoms with van der Waals surface area (Å²) in [6.45, 7) is 5.72. The highest BCUT2D eigenvalue weighted by atomic mass is 19.4. The van der Waals surface area contributed by atoms with Gasteiger partial charge in [0.15, 0.2) is 17.9 Å². The Labute approximate surface area is 112 Å². The largest absolute Gasteiger partial charge is 0.504 e. The third kappa shape index (κ3) is 5.63. The summed E-state index contributed by atoms with van der Waals surface area (Å²) in [6, 6.07) is 0. The number of alkyl halides is 3. The standard InChI is InChI=1S/C9H12N2O2.C2HF3O2/c1-9(2,3)8-6(13)4-10-7(5-12)11-8;3-2(4,5)1(6)7/h4-5,13H,1-3H3;(H,6,7). The number of aromatic hydroxyl groups is 1. The predicted octanol–water partition coefficient (Wildman–Crippen LogP) is 1.93. The van der Waals surface area contributed by atoms with Gasteiger partial charge in [0.1, 0.15) is 0 Å². The van der Waals surface area contributed by atoms with Gasteiger partial charge in [-0.25, -0.2) is 14.8 Å². The summed E-state index contributed by atoms with van der Waals surface area (Å²) in [5.41, 5.74) is 0.203. The Morgan fingerprint density at radius 2 is 1.75 bits per heavy atom. The molecule has 0 bridgehead atoms. The SMILES string of the molecule is CC(C)(C)c1nc(C=O)ncc1O.O=C(O)C(F)(F)F. The average molecular weight is 294 g/mol. The minimum atomic E-state index is -5.08. The summed E-state index contributed by atoms with van der Waals surface area (Å²) in [6.07, 6.45) is -3.27. The molecular formula is C11H13F3N2O4. The maximum absolute atomic E-state index is 10.6. The van der Waals surface area contributed by atoms with E-state index in [4.69, 9.17) is 9.90 Å². The van der Waals surface area contributed by atoms with Gasteiger partial charge in [-0.3, -0.25) is 4.79 Å². The molecule has 0 aromatic carbocycles. The number of aliphatic carboxylic acids is 1. The number of aldehydes is 1. The molecule has 0 atom stereocenters. The molecule has 0 fully saturated rings. The molecule has 1 heterocycles.